The summed E-state index contributed by atoms with van der Waals surface area (Å²) in [5.74, 6) is 2.00. The van der Waals surface area contributed by atoms with Gasteiger partial charge in [0.15, 0.2) is 5.96 Å². The fourth-order valence-electron chi connectivity index (χ4n) is 3.70. The number of halogens is 1. The number of ether oxygens (including phenoxy) is 1. The highest BCUT2D eigenvalue weighted by atomic mass is 127. The van der Waals surface area contributed by atoms with Crippen LogP contribution < -0.4 is 10.6 Å². The van der Waals surface area contributed by atoms with Crippen LogP contribution in [0.3, 0.4) is 0 Å². The van der Waals surface area contributed by atoms with E-state index in [-0.39, 0.29) is 24.0 Å². The molecular formula is C21H36IN3O2. The van der Waals surface area contributed by atoms with Gasteiger partial charge in [-0.15, -0.1) is 24.0 Å². The molecule has 0 unspecified atom stereocenters. The number of aliphatic imine (C=N–C) groups is 1. The van der Waals surface area contributed by atoms with Crippen molar-refractivity contribution >= 4 is 29.9 Å². The highest BCUT2D eigenvalue weighted by molar-refractivity contribution is 14.0. The Hall–Kier alpha value is -0.760. The molecule has 2 aliphatic carbocycles. The van der Waals surface area contributed by atoms with Gasteiger partial charge >= 0.3 is 0 Å². The number of nitrogens with zero attached hydrogens (tertiary/aromatic N) is 1. The summed E-state index contributed by atoms with van der Waals surface area (Å²) in [6, 6.07) is 4.54. The summed E-state index contributed by atoms with van der Waals surface area (Å²) in [7, 11) is 0. The van der Waals surface area contributed by atoms with Crippen molar-refractivity contribution in [3.05, 3.63) is 24.2 Å². The normalized spacial score (nSPS) is 19.4. The van der Waals surface area contributed by atoms with Crippen molar-refractivity contribution in [2.24, 2.45) is 10.4 Å². The molecule has 0 atom stereocenters. The Morgan fingerprint density at radius 3 is 2.78 bits per heavy atom. The van der Waals surface area contributed by atoms with Gasteiger partial charge < -0.3 is 19.8 Å². The molecule has 1 aromatic rings. The lowest BCUT2D eigenvalue weighted by Gasteiger charge is -2.25. The Morgan fingerprint density at radius 1 is 1.30 bits per heavy atom. The van der Waals surface area contributed by atoms with Gasteiger partial charge in [-0.2, -0.15) is 0 Å². The number of guanidine groups is 1. The minimum Gasteiger partial charge on any atom is -0.469 e. The van der Waals surface area contributed by atoms with E-state index < -0.39 is 0 Å². The minimum atomic E-state index is 0. The lowest BCUT2D eigenvalue weighted by molar-refractivity contribution is 0.129. The summed E-state index contributed by atoms with van der Waals surface area (Å²) in [5.41, 5.74) is 0.386. The summed E-state index contributed by atoms with van der Waals surface area (Å²) in [5, 5.41) is 7.20. The summed E-state index contributed by atoms with van der Waals surface area (Å²) in [4.78, 5) is 4.96. The van der Waals surface area contributed by atoms with Crippen LogP contribution in [0.2, 0.25) is 0 Å². The van der Waals surface area contributed by atoms with Crippen LogP contribution in [0.25, 0.3) is 0 Å². The van der Waals surface area contributed by atoms with E-state index in [1.807, 2.05) is 12.1 Å². The number of hydrogen-bond donors (Lipinski definition) is 2. The zero-order valence-corrected chi connectivity index (χ0v) is 19.0. The molecule has 0 amide bonds. The van der Waals surface area contributed by atoms with Gasteiger partial charge in [0, 0.05) is 38.8 Å². The Bertz CT molecular complexity index is 538. The molecule has 0 aromatic carbocycles. The third-order valence-corrected chi connectivity index (χ3v) is 5.70. The van der Waals surface area contributed by atoms with Crippen LogP contribution in [0.1, 0.15) is 64.1 Å². The highest BCUT2D eigenvalue weighted by Crippen LogP contribution is 2.49. The van der Waals surface area contributed by atoms with Crippen LogP contribution in [-0.2, 0) is 11.2 Å². The molecule has 1 aromatic heterocycles. The molecule has 1 heterocycles. The average molecular weight is 489 g/mol. The monoisotopic (exact) mass is 489 g/mol. The fourth-order valence-corrected chi connectivity index (χ4v) is 3.70. The van der Waals surface area contributed by atoms with Crippen LogP contribution in [0.5, 0.6) is 0 Å². The molecule has 0 radical (unpaired) electrons. The molecule has 6 heteroatoms. The molecule has 5 nitrogen and oxygen atoms in total. The van der Waals surface area contributed by atoms with Crippen molar-refractivity contribution in [1.29, 1.82) is 0 Å². The zero-order chi connectivity index (χ0) is 18.1. The molecule has 154 valence electrons. The lowest BCUT2D eigenvalue weighted by Crippen LogP contribution is -2.45. The van der Waals surface area contributed by atoms with E-state index in [4.69, 9.17) is 14.1 Å². The topological polar surface area (TPSA) is 58.8 Å². The third-order valence-electron chi connectivity index (χ3n) is 5.70. The molecule has 0 bridgehead atoms. The molecular weight excluding hydrogens is 453 g/mol. The molecule has 3 rings (SSSR count). The van der Waals surface area contributed by atoms with Crippen molar-refractivity contribution in [2.75, 3.05) is 26.3 Å². The van der Waals surface area contributed by atoms with E-state index in [1.165, 1.54) is 44.9 Å². The maximum Gasteiger partial charge on any atom is 0.191 e. The second-order valence-corrected chi connectivity index (χ2v) is 7.85. The van der Waals surface area contributed by atoms with Gasteiger partial charge in [-0.1, -0.05) is 19.3 Å². The van der Waals surface area contributed by atoms with Crippen molar-refractivity contribution in [3.8, 4) is 0 Å². The van der Waals surface area contributed by atoms with Crippen molar-refractivity contribution in [3.63, 3.8) is 0 Å². The smallest absolute Gasteiger partial charge is 0.191 e. The quantitative estimate of drug-likeness (QED) is 0.220. The van der Waals surface area contributed by atoms with Crippen molar-refractivity contribution < 1.29 is 9.15 Å². The first-order valence-corrected chi connectivity index (χ1v) is 10.4. The Balaban J connectivity index is 0.00000261. The first-order chi connectivity index (χ1) is 12.8. The summed E-state index contributed by atoms with van der Waals surface area (Å²) >= 11 is 0. The number of nitrogens with one attached hydrogen (secondary N) is 2. The maximum absolute atomic E-state index is 5.55. The fraction of sp³-hybridized carbons (Fsp3) is 0.762. The van der Waals surface area contributed by atoms with Crippen molar-refractivity contribution in [1.82, 2.24) is 10.6 Å². The van der Waals surface area contributed by atoms with E-state index in [0.717, 1.165) is 50.9 Å². The zero-order valence-electron chi connectivity index (χ0n) is 16.7. The summed E-state index contributed by atoms with van der Waals surface area (Å²) in [6.07, 6.45) is 12.9. The maximum atomic E-state index is 5.55. The van der Waals surface area contributed by atoms with Crippen LogP contribution >= 0.6 is 24.0 Å². The molecule has 0 saturated heterocycles. The van der Waals surface area contributed by atoms with Gasteiger partial charge in [0.2, 0.25) is 0 Å². The van der Waals surface area contributed by atoms with Gasteiger partial charge in [0.05, 0.1) is 6.26 Å². The van der Waals surface area contributed by atoms with Gasteiger partial charge in [-0.05, 0) is 56.6 Å². The lowest BCUT2D eigenvalue weighted by atomic mass is 9.96. The second kappa shape index (κ2) is 11.9. The van der Waals surface area contributed by atoms with E-state index in [0.29, 0.717) is 11.5 Å². The van der Waals surface area contributed by atoms with Gasteiger partial charge in [0.1, 0.15) is 5.76 Å². The van der Waals surface area contributed by atoms with E-state index >= 15 is 0 Å². The van der Waals surface area contributed by atoms with Crippen molar-refractivity contribution in [2.45, 2.75) is 70.8 Å². The van der Waals surface area contributed by atoms with Crippen LogP contribution in [0.15, 0.2) is 27.8 Å². The second-order valence-electron chi connectivity index (χ2n) is 7.85. The number of furan rings is 1. The number of hydrogen-bond acceptors (Lipinski definition) is 3. The molecule has 2 aliphatic rings. The molecule has 0 aliphatic heterocycles. The number of rotatable bonds is 10. The Morgan fingerprint density at radius 2 is 2.11 bits per heavy atom. The molecule has 0 spiro atoms. The molecule has 27 heavy (non-hydrogen) atoms. The van der Waals surface area contributed by atoms with E-state index in [1.54, 1.807) is 6.26 Å². The molecule has 2 saturated carbocycles. The van der Waals surface area contributed by atoms with Crippen LogP contribution in [-0.4, -0.2) is 38.3 Å². The highest BCUT2D eigenvalue weighted by Gasteiger charge is 2.41. The first-order valence-electron chi connectivity index (χ1n) is 10.4. The van der Waals surface area contributed by atoms with Crippen LogP contribution in [0.4, 0.5) is 0 Å². The van der Waals surface area contributed by atoms with Gasteiger partial charge in [-0.3, -0.25) is 4.99 Å². The summed E-state index contributed by atoms with van der Waals surface area (Å²) < 4.78 is 11.0. The third kappa shape index (κ3) is 8.02. The minimum absolute atomic E-state index is 0. The van der Waals surface area contributed by atoms with E-state index in [9.17, 15) is 0 Å². The Labute approximate surface area is 181 Å². The van der Waals surface area contributed by atoms with Gasteiger partial charge in [-0.25, -0.2) is 0 Å². The predicted molar refractivity (Wildman–Crippen MR) is 121 cm³/mol. The predicted octanol–water partition coefficient (Wildman–Crippen LogP) is 4.51. The average Bonchev–Trinajstić information content (AvgIpc) is 3.24. The van der Waals surface area contributed by atoms with Crippen LogP contribution in [0, 0.1) is 5.41 Å². The summed E-state index contributed by atoms with van der Waals surface area (Å²) in [6.45, 7) is 5.49. The molecule has 2 N–H and O–H groups in total. The standard InChI is InChI=1S/C21H35N3O2.HI/c1-2-25-16-13-21(11-12-21)17-23-20(24-18-7-4-3-5-8-18)22-14-10-19-9-6-15-26-19;/h6,9,15,18H,2-5,7-8,10-14,16-17H2,1H3,(H2,22,23,24);1H. The Kier molecular flexibility index (Phi) is 9.96. The van der Waals surface area contributed by atoms with Gasteiger partial charge in [0.25, 0.3) is 0 Å². The SMILES string of the molecule is CCOCCC1(CN=C(NCCc2ccco2)NC2CCCCC2)CC1.I. The molecule has 2 fully saturated rings. The first kappa shape index (κ1) is 22.5. The van der Waals surface area contributed by atoms with E-state index in [2.05, 4.69) is 17.6 Å². The largest absolute Gasteiger partial charge is 0.469 e.